The van der Waals surface area contributed by atoms with Crippen LogP contribution in [0.15, 0.2) is 12.4 Å². The smallest absolute Gasteiger partial charge is 0.331 e. The van der Waals surface area contributed by atoms with Gasteiger partial charge in [0.15, 0.2) is 5.54 Å². The molecule has 0 spiro atoms. The molecule has 0 aliphatic carbocycles. The molecule has 1 aromatic heterocycles. The number of carboxylic acids is 1. The molecule has 0 aliphatic rings. The summed E-state index contributed by atoms with van der Waals surface area (Å²) in [7, 11) is 0. The van der Waals surface area contributed by atoms with E-state index in [1.165, 1.54) is 0 Å². The monoisotopic (exact) mass is 224 g/mol. The number of aliphatic carboxylic acids is 1. The van der Waals surface area contributed by atoms with E-state index in [0.717, 1.165) is 18.4 Å². The zero-order chi connectivity index (χ0) is 12.2. The van der Waals surface area contributed by atoms with Crippen LogP contribution in [-0.4, -0.2) is 20.9 Å². The molecule has 0 aliphatic heterocycles. The molecule has 0 saturated carbocycles. The first-order valence-electron chi connectivity index (χ1n) is 5.82. The topological polar surface area (TPSA) is 55.1 Å². The third kappa shape index (κ3) is 2.26. The third-order valence-corrected chi connectivity index (χ3v) is 2.88. The highest BCUT2D eigenvalue weighted by Crippen LogP contribution is 2.28. The number of rotatable bonds is 6. The van der Waals surface area contributed by atoms with E-state index in [-0.39, 0.29) is 0 Å². The lowest BCUT2D eigenvalue weighted by molar-refractivity contribution is -0.149. The molecule has 0 atom stereocenters. The summed E-state index contributed by atoms with van der Waals surface area (Å²) in [4.78, 5) is 11.6. The Labute approximate surface area is 96.3 Å². The maximum Gasteiger partial charge on any atom is 0.331 e. The number of aromatic nitrogens is 2. The minimum atomic E-state index is -0.863. The molecule has 0 unspecified atom stereocenters. The van der Waals surface area contributed by atoms with E-state index >= 15 is 0 Å². The molecule has 0 bridgehead atoms. The van der Waals surface area contributed by atoms with Crippen molar-refractivity contribution in [3.05, 3.63) is 18.0 Å². The molecule has 0 amide bonds. The molecule has 4 heteroatoms. The Morgan fingerprint density at radius 3 is 2.31 bits per heavy atom. The molecule has 0 fully saturated rings. The van der Waals surface area contributed by atoms with Gasteiger partial charge in [-0.3, -0.25) is 4.68 Å². The SMILES string of the molecule is CCCC(CCC)(C(=O)O)n1cc(C)cn1. The van der Waals surface area contributed by atoms with Crippen LogP contribution in [0, 0.1) is 6.92 Å². The van der Waals surface area contributed by atoms with Crippen LogP contribution in [-0.2, 0) is 10.3 Å². The number of hydrogen-bond acceptors (Lipinski definition) is 2. The summed E-state index contributed by atoms with van der Waals surface area (Å²) >= 11 is 0. The van der Waals surface area contributed by atoms with Gasteiger partial charge in [-0.05, 0) is 25.3 Å². The second-order valence-corrected chi connectivity index (χ2v) is 4.30. The van der Waals surface area contributed by atoms with E-state index in [1.54, 1.807) is 10.9 Å². The van der Waals surface area contributed by atoms with Gasteiger partial charge in [-0.25, -0.2) is 4.79 Å². The summed E-state index contributed by atoms with van der Waals surface area (Å²) in [5.41, 5.74) is 0.135. The minimum Gasteiger partial charge on any atom is -0.479 e. The number of hydrogen-bond donors (Lipinski definition) is 1. The molecular formula is C12H20N2O2. The van der Waals surface area contributed by atoms with Gasteiger partial charge in [0.25, 0.3) is 0 Å². The summed E-state index contributed by atoms with van der Waals surface area (Å²) in [5.74, 6) is -0.778. The maximum atomic E-state index is 11.6. The molecule has 1 N–H and O–H groups in total. The third-order valence-electron chi connectivity index (χ3n) is 2.88. The quantitative estimate of drug-likeness (QED) is 0.808. The number of nitrogens with zero attached hydrogens (tertiary/aromatic N) is 2. The van der Waals surface area contributed by atoms with Gasteiger partial charge in [-0.15, -0.1) is 0 Å². The molecule has 1 rings (SSSR count). The Balaban J connectivity index is 3.14. The van der Waals surface area contributed by atoms with Crippen LogP contribution < -0.4 is 0 Å². The average Bonchev–Trinajstić information content (AvgIpc) is 2.64. The average molecular weight is 224 g/mol. The highest BCUT2D eigenvalue weighted by molar-refractivity contribution is 5.76. The van der Waals surface area contributed by atoms with E-state index in [2.05, 4.69) is 5.10 Å². The van der Waals surface area contributed by atoms with Crippen molar-refractivity contribution in [3.8, 4) is 0 Å². The lowest BCUT2D eigenvalue weighted by atomic mass is 9.89. The highest BCUT2D eigenvalue weighted by Gasteiger charge is 2.39. The van der Waals surface area contributed by atoms with Gasteiger partial charge >= 0.3 is 5.97 Å². The fourth-order valence-corrected chi connectivity index (χ4v) is 2.14. The van der Waals surface area contributed by atoms with E-state index in [0.29, 0.717) is 12.8 Å². The normalized spacial score (nSPS) is 11.7. The number of carboxylic acid groups (broad SMARTS) is 1. The zero-order valence-electron chi connectivity index (χ0n) is 10.2. The summed E-state index contributed by atoms with van der Waals surface area (Å²) in [6.45, 7) is 5.93. The van der Waals surface area contributed by atoms with Crippen molar-refractivity contribution in [2.24, 2.45) is 0 Å². The Morgan fingerprint density at radius 1 is 1.44 bits per heavy atom. The van der Waals surface area contributed by atoms with Gasteiger partial charge in [0, 0.05) is 6.20 Å². The standard InChI is InChI=1S/C12H20N2O2/c1-4-6-12(7-5-2,11(15)16)14-9-10(3)8-13-14/h8-9H,4-7H2,1-3H3,(H,15,16). The molecule has 0 radical (unpaired) electrons. The summed E-state index contributed by atoms with van der Waals surface area (Å²) in [5, 5.41) is 13.7. The Bertz CT molecular complexity index is 352. The molecule has 90 valence electrons. The summed E-state index contributed by atoms with van der Waals surface area (Å²) in [6.07, 6.45) is 6.45. The lowest BCUT2D eigenvalue weighted by Crippen LogP contribution is -2.42. The summed E-state index contributed by atoms with van der Waals surface area (Å²) < 4.78 is 1.62. The second-order valence-electron chi connectivity index (χ2n) is 4.30. The molecule has 1 heterocycles. The highest BCUT2D eigenvalue weighted by atomic mass is 16.4. The van der Waals surface area contributed by atoms with E-state index in [4.69, 9.17) is 0 Å². The van der Waals surface area contributed by atoms with Crippen LogP contribution in [0.4, 0.5) is 0 Å². The first-order valence-corrected chi connectivity index (χ1v) is 5.82. The Kier molecular flexibility index (Phi) is 4.10. The first-order chi connectivity index (χ1) is 7.56. The van der Waals surface area contributed by atoms with E-state index < -0.39 is 11.5 Å². The molecule has 16 heavy (non-hydrogen) atoms. The summed E-state index contributed by atoms with van der Waals surface area (Å²) in [6, 6.07) is 0. The van der Waals surface area contributed by atoms with Crippen LogP contribution in [0.25, 0.3) is 0 Å². The molecule has 0 saturated heterocycles. The first kappa shape index (κ1) is 12.7. The fourth-order valence-electron chi connectivity index (χ4n) is 2.14. The van der Waals surface area contributed by atoms with Crippen LogP contribution in [0.5, 0.6) is 0 Å². The number of aryl methyl sites for hydroxylation is 1. The van der Waals surface area contributed by atoms with Gasteiger partial charge in [0.2, 0.25) is 0 Å². The molecule has 0 aromatic carbocycles. The maximum absolute atomic E-state index is 11.6. The van der Waals surface area contributed by atoms with Crippen molar-refractivity contribution >= 4 is 5.97 Å². The predicted octanol–water partition coefficient (Wildman–Crippen LogP) is 2.57. The van der Waals surface area contributed by atoms with Gasteiger partial charge in [0.05, 0.1) is 6.20 Å². The van der Waals surface area contributed by atoms with E-state index in [1.807, 2.05) is 27.0 Å². The van der Waals surface area contributed by atoms with Crippen LogP contribution in [0.1, 0.15) is 45.1 Å². The number of carbonyl (C=O) groups is 1. The van der Waals surface area contributed by atoms with Crippen LogP contribution in [0.3, 0.4) is 0 Å². The van der Waals surface area contributed by atoms with Crippen molar-refractivity contribution in [2.75, 3.05) is 0 Å². The van der Waals surface area contributed by atoms with Crippen LogP contribution in [0.2, 0.25) is 0 Å². The Hall–Kier alpha value is -1.32. The van der Waals surface area contributed by atoms with Crippen molar-refractivity contribution in [1.82, 2.24) is 9.78 Å². The predicted molar refractivity (Wildman–Crippen MR) is 62.4 cm³/mol. The van der Waals surface area contributed by atoms with Crippen molar-refractivity contribution in [3.63, 3.8) is 0 Å². The molecule has 1 aromatic rings. The Morgan fingerprint density at radius 2 is 2.00 bits per heavy atom. The van der Waals surface area contributed by atoms with Gasteiger partial charge in [-0.1, -0.05) is 26.7 Å². The molecular weight excluding hydrogens is 204 g/mol. The largest absolute Gasteiger partial charge is 0.479 e. The van der Waals surface area contributed by atoms with Crippen molar-refractivity contribution in [2.45, 2.75) is 52.0 Å². The van der Waals surface area contributed by atoms with Gasteiger partial charge in [0.1, 0.15) is 0 Å². The van der Waals surface area contributed by atoms with Gasteiger partial charge in [-0.2, -0.15) is 5.10 Å². The van der Waals surface area contributed by atoms with E-state index in [9.17, 15) is 9.90 Å². The fraction of sp³-hybridized carbons (Fsp3) is 0.667. The van der Waals surface area contributed by atoms with Crippen molar-refractivity contribution < 1.29 is 9.90 Å². The molecule has 4 nitrogen and oxygen atoms in total. The zero-order valence-corrected chi connectivity index (χ0v) is 10.2. The van der Waals surface area contributed by atoms with Gasteiger partial charge < -0.3 is 5.11 Å². The second kappa shape index (κ2) is 5.14. The van der Waals surface area contributed by atoms with Crippen molar-refractivity contribution in [1.29, 1.82) is 0 Å². The van der Waals surface area contributed by atoms with Crippen LogP contribution >= 0.6 is 0 Å². The lowest BCUT2D eigenvalue weighted by Gasteiger charge is -2.29. The minimum absolute atomic E-state index is 0.622.